The third-order valence-electron chi connectivity index (χ3n) is 5.53. The van der Waals surface area contributed by atoms with E-state index in [1.54, 1.807) is 7.11 Å². The molecule has 1 aliphatic heterocycles. The molecule has 2 aromatic carbocycles. The smallest absolute Gasteiger partial charge is 0.229 e. The summed E-state index contributed by atoms with van der Waals surface area (Å²) in [5.74, 6) is 1.58. The highest BCUT2D eigenvalue weighted by molar-refractivity contribution is 5.88. The van der Waals surface area contributed by atoms with E-state index in [0.717, 1.165) is 61.1 Å². The lowest BCUT2D eigenvalue weighted by Gasteiger charge is -2.26. The summed E-state index contributed by atoms with van der Waals surface area (Å²) in [4.78, 5) is 14.7. The molecule has 4 nitrogen and oxygen atoms in total. The Morgan fingerprint density at radius 1 is 1.19 bits per heavy atom. The Bertz CT molecular complexity index is 752. The van der Waals surface area contributed by atoms with Crippen LogP contribution in [0, 0.1) is 5.92 Å². The number of fused-ring (bicyclic) bond motifs is 1. The van der Waals surface area contributed by atoms with Crippen LogP contribution in [0.2, 0.25) is 0 Å². The molecule has 1 aliphatic rings. The Balaban J connectivity index is 1.64. The summed E-state index contributed by atoms with van der Waals surface area (Å²) < 4.78 is 10.7. The summed E-state index contributed by atoms with van der Waals surface area (Å²) in [7, 11) is 3.59. The summed E-state index contributed by atoms with van der Waals surface area (Å²) >= 11 is 0. The van der Waals surface area contributed by atoms with Crippen LogP contribution in [0.3, 0.4) is 0 Å². The normalized spacial score (nSPS) is 16.4. The molecule has 0 N–H and O–H groups in total. The second-order valence-electron chi connectivity index (χ2n) is 7.30. The van der Waals surface area contributed by atoms with E-state index in [2.05, 4.69) is 18.2 Å². The first kappa shape index (κ1) is 18.7. The molecule has 26 heavy (non-hydrogen) atoms. The lowest BCUT2D eigenvalue weighted by atomic mass is 9.95. The first-order valence-corrected chi connectivity index (χ1v) is 9.49. The van der Waals surface area contributed by atoms with Crippen molar-refractivity contribution in [3.63, 3.8) is 0 Å². The summed E-state index contributed by atoms with van der Waals surface area (Å²) in [6.07, 6.45) is 3.30. The minimum Gasteiger partial charge on any atom is -0.497 e. The molecule has 140 valence electrons. The predicted molar refractivity (Wildman–Crippen MR) is 105 cm³/mol. The molecular formula is C22H29NO3. The minimum atomic E-state index is -0.138. The van der Waals surface area contributed by atoms with Gasteiger partial charge in [0.15, 0.2) is 0 Å². The Kier molecular flexibility index (Phi) is 6.15. The highest BCUT2D eigenvalue weighted by atomic mass is 16.5. The standard InChI is InChI=1S/C22H29NO3/c1-16(22(24)23(2)11-8-17-9-12-26-13-10-17)18-4-5-20-15-21(25-3)7-6-19(20)14-18/h4-7,14-17H,8-13H2,1-3H3/t16-/m0/s1. The largest absolute Gasteiger partial charge is 0.497 e. The van der Waals surface area contributed by atoms with Gasteiger partial charge in [-0.2, -0.15) is 0 Å². The molecule has 1 saturated heterocycles. The van der Waals surface area contributed by atoms with Crippen molar-refractivity contribution in [1.29, 1.82) is 0 Å². The topological polar surface area (TPSA) is 38.8 Å². The fraction of sp³-hybridized carbons (Fsp3) is 0.500. The van der Waals surface area contributed by atoms with Gasteiger partial charge in [-0.25, -0.2) is 0 Å². The maximum Gasteiger partial charge on any atom is 0.229 e. The zero-order chi connectivity index (χ0) is 18.5. The highest BCUT2D eigenvalue weighted by Crippen LogP contribution is 2.26. The number of likely N-dealkylation sites (N-methyl/N-ethyl adjacent to an activating group) is 1. The van der Waals surface area contributed by atoms with Gasteiger partial charge in [0.25, 0.3) is 0 Å². The molecule has 0 spiro atoms. The molecule has 0 saturated carbocycles. The number of benzene rings is 2. The predicted octanol–water partition coefficient (Wildman–Crippen LogP) is 4.23. The van der Waals surface area contributed by atoms with E-state index < -0.39 is 0 Å². The summed E-state index contributed by atoms with van der Waals surface area (Å²) in [6.45, 7) is 4.54. The van der Waals surface area contributed by atoms with Gasteiger partial charge in [0.1, 0.15) is 5.75 Å². The molecule has 0 bridgehead atoms. The molecule has 3 rings (SSSR count). The van der Waals surface area contributed by atoms with Crippen molar-refractivity contribution >= 4 is 16.7 Å². The van der Waals surface area contributed by atoms with Crippen LogP contribution in [0.25, 0.3) is 10.8 Å². The first-order valence-electron chi connectivity index (χ1n) is 9.49. The molecule has 2 aromatic rings. The number of nitrogens with zero attached hydrogens (tertiary/aromatic N) is 1. The average Bonchev–Trinajstić information content (AvgIpc) is 2.70. The van der Waals surface area contributed by atoms with Crippen molar-refractivity contribution in [3.05, 3.63) is 42.0 Å². The molecule has 0 aliphatic carbocycles. The second-order valence-corrected chi connectivity index (χ2v) is 7.30. The van der Waals surface area contributed by atoms with Gasteiger partial charge in [-0.05, 0) is 60.6 Å². The van der Waals surface area contributed by atoms with Crippen LogP contribution >= 0.6 is 0 Å². The summed E-state index contributed by atoms with van der Waals surface area (Å²) in [5.41, 5.74) is 1.06. The molecule has 1 atom stereocenters. The fourth-order valence-electron chi connectivity index (χ4n) is 3.63. The molecule has 0 radical (unpaired) electrons. The van der Waals surface area contributed by atoms with E-state index >= 15 is 0 Å². The number of methoxy groups -OCH3 is 1. The monoisotopic (exact) mass is 355 g/mol. The van der Waals surface area contributed by atoms with Crippen molar-refractivity contribution in [2.24, 2.45) is 5.92 Å². The first-order chi connectivity index (χ1) is 12.6. The van der Waals surface area contributed by atoms with Crippen molar-refractivity contribution in [2.75, 3.05) is 33.9 Å². The Morgan fingerprint density at radius 3 is 2.62 bits per heavy atom. The van der Waals surface area contributed by atoms with Crippen LogP contribution < -0.4 is 4.74 Å². The van der Waals surface area contributed by atoms with Crippen LogP contribution in [-0.4, -0.2) is 44.7 Å². The van der Waals surface area contributed by atoms with Crippen LogP contribution in [-0.2, 0) is 9.53 Å². The number of carbonyl (C=O) groups excluding carboxylic acids is 1. The van der Waals surface area contributed by atoms with Crippen LogP contribution in [0.4, 0.5) is 0 Å². The average molecular weight is 355 g/mol. The third-order valence-corrected chi connectivity index (χ3v) is 5.53. The van der Waals surface area contributed by atoms with Gasteiger partial charge in [-0.15, -0.1) is 0 Å². The second kappa shape index (κ2) is 8.54. The van der Waals surface area contributed by atoms with Gasteiger partial charge in [0, 0.05) is 26.8 Å². The van der Waals surface area contributed by atoms with E-state index in [4.69, 9.17) is 9.47 Å². The van der Waals surface area contributed by atoms with E-state index in [9.17, 15) is 4.79 Å². The number of carbonyl (C=O) groups is 1. The molecule has 1 heterocycles. The van der Waals surface area contributed by atoms with E-state index in [0.29, 0.717) is 5.92 Å². The number of rotatable bonds is 6. The lowest BCUT2D eigenvalue weighted by Crippen LogP contribution is -2.33. The van der Waals surface area contributed by atoms with Crippen molar-refractivity contribution in [2.45, 2.75) is 32.1 Å². The van der Waals surface area contributed by atoms with Crippen LogP contribution in [0.5, 0.6) is 5.75 Å². The molecule has 0 aromatic heterocycles. The maximum atomic E-state index is 12.8. The Labute approximate surface area is 156 Å². The molecule has 0 unspecified atom stereocenters. The van der Waals surface area contributed by atoms with Gasteiger partial charge in [0.05, 0.1) is 13.0 Å². The molecule has 1 fully saturated rings. The Hall–Kier alpha value is -2.07. The minimum absolute atomic E-state index is 0.138. The van der Waals surface area contributed by atoms with E-state index in [-0.39, 0.29) is 11.8 Å². The lowest BCUT2D eigenvalue weighted by molar-refractivity contribution is -0.131. The van der Waals surface area contributed by atoms with Gasteiger partial charge >= 0.3 is 0 Å². The summed E-state index contributed by atoms with van der Waals surface area (Å²) in [6, 6.07) is 12.3. The highest BCUT2D eigenvalue weighted by Gasteiger charge is 2.21. The van der Waals surface area contributed by atoms with E-state index in [1.807, 2.05) is 37.1 Å². The molecular weight excluding hydrogens is 326 g/mol. The van der Waals surface area contributed by atoms with E-state index in [1.165, 1.54) is 0 Å². The summed E-state index contributed by atoms with van der Waals surface area (Å²) in [5, 5.41) is 2.26. The molecule has 4 heteroatoms. The van der Waals surface area contributed by atoms with Crippen LogP contribution in [0.1, 0.15) is 37.7 Å². The van der Waals surface area contributed by atoms with Crippen molar-refractivity contribution in [1.82, 2.24) is 4.90 Å². The van der Waals surface area contributed by atoms with Crippen molar-refractivity contribution < 1.29 is 14.3 Å². The SMILES string of the molecule is COc1ccc2cc([C@H](C)C(=O)N(C)CCC3CCOCC3)ccc2c1. The Morgan fingerprint density at radius 2 is 1.88 bits per heavy atom. The number of ether oxygens (including phenoxy) is 2. The zero-order valence-corrected chi connectivity index (χ0v) is 16.0. The zero-order valence-electron chi connectivity index (χ0n) is 16.0. The quantitative estimate of drug-likeness (QED) is 0.778. The van der Waals surface area contributed by atoms with Crippen LogP contribution in [0.15, 0.2) is 36.4 Å². The van der Waals surface area contributed by atoms with Gasteiger partial charge < -0.3 is 14.4 Å². The van der Waals surface area contributed by atoms with Gasteiger partial charge in [-0.1, -0.05) is 24.3 Å². The fourth-order valence-corrected chi connectivity index (χ4v) is 3.63. The number of amides is 1. The maximum absolute atomic E-state index is 12.8. The van der Waals surface area contributed by atoms with Crippen molar-refractivity contribution in [3.8, 4) is 5.75 Å². The number of hydrogen-bond donors (Lipinski definition) is 0. The number of hydrogen-bond acceptors (Lipinski definition) is 3. The molecule has 1 amide bonds. The van der Waals surface area contributed by atoms with Gasteiger partial charge in [-0.3, -0.25) is 4.79 Å². The van der Waals surface area contributed by atoms with Gasteiger partial charge in [0.2, 0.25) is 5.91 Å². The third kappa shape index (κ3) is 4.36.